The molecule has 2 aliphatic heterocycles. The number of amides is 1. The maximum Gasteiger partial charge on any atom is 0.246 e. The van der Waals surface area contributed by atoms with E-state index in [0.717, 1.165) is 0 Å². The minimum Gasteiger partial charge on any atom is -0.449 e. The molecule has 1 fully saturated rings. The highest BCUT2D eigenvalue weighted by molar-refractivity contribution is 5.95. The van der Waals surface area contributed by atoms with E-state index in [9.17, 15) is 4.79 Å². The Morgan fingerprint density at radius 2 is 2.14 bits per heavy atom. The Kier molecular flexibility index (Phi) is 3.51. The van der Waals surface area contributed by atoms with E-state index < -0.39 is 5.79 Å². The van der Waals surface area contributed by atoms with Crippen LogP contribution in [0, 0.1) is 0 Å². The number of benzene rings is 1. The van der Waals surface area contributed by atoms with E-state index in [1.807, 2.05) is 19.9 Å². The van der Waals surface area contributed by atoms with Crippen molar-refractivity contribution in [3.05, 3.63) is 18.2 Å². The Morgan fingerprint density at radius 3 is 2.86 bits per heavy atom. The molecule has 2 unspecified atom stereocenters. The topological polar surface area (TPSA) is 68.8 Å². The van der Waals surface area contributed by atoms with Gasteiger partial charge in [-0.05, 0) is 18.6 Å². The maximum atomic E-state index is 12.2. The third-order valence-electron chi connectivity index (χ3n) is 3.66. The molecule has 21 heavy (non-hydrogen) atoms. The van der Waals surface area contributed by atoms with Gasteiger partial charge in [-0.3, -0.25) is 4.79 Å². The number of nitrogens with one attached hydrogen (secondary N) is 2. The summed E-state index contributed by atoms with van der Waals surface area (Å²) in [5.74, 6) is 0.611. The molecule has 0 saturated carbocycles. The number of hydrogen-bond acceptors (Lipinski definition) is 5. The zero-order valence-corrected chi connectivity index (χ0v) is 12.4. The highest BCUT2D eigenvalue weighted by Gasteiger charge is 2.32. The third-order valence-corrected chi connectivity index (χ3v) is 3.66. The SMILES string of the molecule is COC1CNC(C(=O)Nc2ccc3c(c2)OC(C)(C)O3)C1. The van der Waals surface area contributed by atoms with E-state index in [2.05, 4.69) is 10.6 Å². The monoisotopic (exact) mass is 292 g/mol. The van der Waals surface area contributed by atoms with E-state index in [1.54, 1.807) is 19.2 Å². The van der Waals surface area contributed by atoms with Gasteiger partial charge >= 0.3 is 0 Å². The van der Waals surface area contributed by atoms with Crippen LogP contribution in [-0.4, -0.2) is 37.5 Å². The first-order valence-corrected chi connectivity index (χ1v) is 7.06. The summed E-state index contributed by atoms with van der Waals surface area (Å²) in [4.78, 5) is 12.2. The quantitative estimate of drug-likeness (QED) is 0.884. The lowest BCUT2D eigenvalue weighted by atomic mass is 10.2. The number of ether oxygens (including phenoxy) is 3. The van der Waals surface area contributed by atoms with Crippen molar-refractivity contribution in [2.75, 3.05) is 19.0 Å². The average Bonchev–Trinajstić information content (AvgIpc) is 3.00. The van der Waals surface area contributed by atoms with Crippen molar-refractivity contribution in [1.29, 1.82) is 0 Å². The van der Waals surface area contributed by atoms with Gasteiger partial charge in [-0.25, -0.2) is 0 Å². The standard InChI is InChI=1S/C15H20N2O4/c1-15(2)20-12-5-4-9(6-13(12)21-15)17-14(18)11-7-10(19-3)8-16-11/h4-6,10-11,16H,7-8H2,1-3H3,(H,17,18). The zero-order valence-electron chi connectivity index (χ0n) is 12.4. The van der Waals surface area contributed by atoms with Crippen molar-refractivity contribution in [3.63, 3.8) is 0 Å². The van der Waals surface area contributed by atoms with Crippen LogP contribution in [0.5, 0.6) is 11.5 Å². The summed E-state index contributed by atoms with van der Waals surface area (Å²) in [7, 11) is 1.66. The van der Waals surface area contributed by atoms with Gasteiger partial charge in [0.2, 0.25) is 11.7 Å². The lowest BCUT2D eigenvalue weighted by molar-refractivity contribution is -0.118. The largest absolute Gasteiger partial charge is 0.449 e. The molecule has 6 heteroatoms. The van der Waals surface area contributed by atoms with Crippen LogP contribution in [0.25, 0.3) is 0 Å². The lowest BCUT2D eigenvalue weighted by Gasteiger charge is -2.16. The van der Waals surface area contributed by atoms with Crippen molar-refractivity contribution in [3.8, 4) is 11.5 Å². The van der Waals surface area contributed by atoms with Crippen molar-refractivity contribution in [1.82, 2.24) is 5.32 Å². The first-order valence-electron chi connectivity index (χ1n) is 7.06. The number of rotatable bonds is 3. The van der Waals surface area contributed by atoms with Gasteiger partial charge in [-0.1, -0.05) is 0 Å². The van der Waals surface area contributed by atoms with Gasteiger partial charge in [0.1, 0.15) is 0 Å². The number of hydrogen-bond donors (Lipinski definition) is 2. The van der Waals surface area contributed by atoms with Gasteiger partial charge < -0.3 is 24.8 Å². The van der Waals surface area contributed by atoms with Gasteiger partial charge in [-0.15, -0.1) is 0 Å². The molecule has 2 N–H and O–H groups in total. The van der Waals surface area contributed by atoms with E-state index in [4.69, 9.17) is 14.2 Å². The molecular formula is C15H20N2O4. The van der Waals surface area contributed by atoms with E-state index in [-0.39, 0.29) is 18.1 Å². The van der Waals surface area contributed by atoms with Crippen LogP contribution >= 0.6 is 0 Å². The summed E-state index contributed by atoms with van der Waals surface area (Å²) in [6.45, 7) is 4.39. The van der Waals surface area contributed by atoms with Gasteiger partial charge in [0.05, 0.1) is 12.1 Å². The van der Waals surface area contributed by atoms with Gasteiger partial charge in [0.15, 0.2) is 11.5 Å². The molecule has 1 aromatic rings. The second kappa shape index (κ2) is 5.20. The molecule has 0 bridgehead atoms. The van der Waals surface area contributed by atoms with Crippen molar-refractivity contribution in [2.24, 2.45) is 0 Å². The summed E-state index contributed by atoms with van der Waals surface area (Å²) >= 11 is 0. The molecular weight excluding hydrogens is 272 g/mol. The minimum absolute atomic E-state index is 0.0623. The molecule has 0 aliphatic carbocycles. The molecule has 1 amide bonds. The summed E-state index contributed by atoms with van der Waals surface area (Å²) in [5, 5.41) is 6.04. The molecule has 1 saturated heterocycles. The van der Waals surface area contributed by atoms with Crippen molar-refractivity contribution < 1.29 is 19.0 Å². The van der Waals surface area contributed by atoms with E-state index in [1.165, 1.54) is 0 Å². The lowest BCUT2D eigenvalue weighted by Crippen LogP contribution is -2.35. The maximum absolute atomic E-state index is 12.2. The van der Waals surface area contributed by atoms with E-state index in [0.29, 0.717) is 30.2 Å². The number of anilines is 1. The summed E-state index contributed by atoms with van der Waals surface area (Å²) in [6.07, 6.45) is 0.776. The molecule has 1 aromatic carbocycles. The molecule has 3 rings (SSSR count). The normalized spacial score (nSPS) is 25.9. The van der Waals surface area contributed by atoms with Crippen LogP contribution < -0.4 is 20.1 Å². The summed E-state index contributed by atoms with van der Waals surface area (Å²) in [6, 6.07) is 5.17. The molecule has 0 spiro atoms. The summed E-state index contributed by atoms with van der Waals surface area (Å²) in [5.41, 5.74) is 0.697. The fourth-order valence-corrected chi connectivity index (χ4v) is 2.61. The highest BCUT2D eigenvalue weighted by atomic mass is 16.7. The fourth-order valence-electron chi connectivity index (χ4n) is 2.61. The fraction of sp³-hybridized carbons (Fsp3) is 0.533. The highest BCUT2D eigenvalue weighted by Crippen LogP contribution is 2.40. The van der Waals surface area contributed by atoms with E-state index >= 15 is 0 Å². The predicted octanol–water partition coefficient (Wildman–Crippen LogP) is 1.51. The Morgan fingerprint density at radius 1 is 1.38 bits per heavy atom. The Balaban J connectivity index is 1.65. The smallest absolute Gasteiger partial charge is 0.246 e. The zero-order chi connectivity index (χ0) is 15.0. The number of fused-ring (bicyclic) bond motifs is 1. The molecule has 2 heterocycles. The summed E-state index contributed by atoms with van der Waals surface area (Å²) < 4.78 is 16.5. The van der Waals surface area contributed by atoms with Gasteiger partial charge in [-0.2, -0.15) is 0 Å². The Labute approximate surface area is 123 Å². The number of carbonyl (C=O) groups is 1. The number of carbonyl (C=O) groups excluding carboxylic acids is 1. The first kappa shape index (κ1) is 14.2. The Hall–Kier alpha value is -1.79. The average molecular weight is 292 g/mol. The molecule has 2 aliphatic rings. The predicted molar refractivity (Wildman–Crippen MR) is 77.6 cm³/mol. The second-order valence-electron chi connectivity index (χ2n) is 5.81. The van der Waals surface area contributed by atoms with Crippen LogP contribution in [0.15, 0.2) is 18.2 Å². The minimum atomic E-state index is -0.663. The van der Waals surface area contributed by atoms with Crippen molar-refractivity contribution in [2.45, 2.75) is 38.2 Å². The third kappa shape index (κ3) is 2.96. The Bertz CT molecular complexity index is 559. The van der Waals surface area contributed by atoms with Gasteiger partial charge in [0.25, 0.3) is 0 Å². The first-order chi connectivity index (χ1) is 9.97. The van der Waals surface area contributed by atoms with Crippen LogP contribution in [0.2, 0.25) is 0 Å². The van der Waals surface area contributed by atoms with Gasteiger partial charge in [0, 0.05) is 39.3 Å². The number of methoxy groups -OCH3 is 1. The molecule has 6 nitrogen and oxygen atoms in total. The van der Waals surface area contributed by atoms with Crippen molar-refractivity contribution >= 4 is 11.6 Å². The second-order valence-corrected chi connectivity index (χ2v) is 5.81. The molecule has 0 aromatic heterocycles. The van der Waals surface area contributed by atoms with Crippen LogP contribution in [-0.2, 0) is 9.53 Å². The molecule has 2 atom stereocenters. The van der Waals surface area contributed by atoms with Crippen LogP contribution in [0.1, 0.15) is 20.3 Å². The van der Waals surface area contributed by atoms with Crippen LogP contribution in [0.4, 0.5) is 5.69 Å². The molecule has 114 valence electrons. The molecule has 0 radical (unpaired) electrons. The van der Waals surface area contributed by atoms with Crippen LogP contribution in [0.3, 0.4) is 0 Å².